The van der Waals surface area contributed by atoms with Gasteiger partial charge in [0, 0.05) is 18.8 Å². The predicted octanol–water partition coefficient (Wildman–Crippen LogP) is 3.12. The maximum absolute atomic E-state index is 13.2. The fourth-order valence-electron chi connectivity index (χ4n) is 3.31. The van der Waals surface area contributed by atoms with E-state index in [2.05, 4.69) is 10.5 Å². The smallest absolute Gasteiger partial charge is 0.261 e. The molecule has 0 spiro atoms. The molecule has 9 heteroatoms. The fraction of sp³-hybridized carbons (Fsp3) is 0.474. The second kappa shape index (κ2) is 8.32. The van der Waals surface area contributed by atoms with Crippen molar-refractivity contribution in [1.29, 1.82) is 0 Å². The highest BCUT2D eigenvalue weighted by Gasteiger charge is 2.29. The van der Waals surface area contributed by atoms with Crippen molar-refractivity contribution < 1.29 is 22.5 Å². The summed E-state index contributed by atoms with van der Waals surface area (Å²) < 4.78 is 38.4. The van der Waals surface area contributed by atoms with E-state index >= 15 is 0 Å². The summed E-state index contributed by atoms with van der Waals surface area (Å²) >= 11 is 0. The van der Waals surface area contributed by atoms with Crippen molar-refractivity contribution in [1.82, 2.24) is 9.46 Å². The molecule has 0 radical (unpaired) electrons. The monoisotopic (exact) mass is 407 g/mol. The van der Waals surface area contributed by atoms with Gasteiger partial charge in [0.25, 0.3) is 5.91 Å². The van der Waals surface area contributed by atoms with Gasteiger partial charge in [-0.3, -0.25) is 4.79 Å². The molecule has 0 aliphatic carbocycles. The van der Waals surface area contributed by atoms with Crippen LogP contribution < -0.4 is 10.1 Å². The summed E-state index contributed by atoms with van der Waals surface area (Å²) in [6, 6.07) is 4.64. The van der Waals surface area contributed by atoms with Gasteiger partial charge in [-0.05, 0) is 51.8 Å². The lowest BCUT2D eigenvalue weighted by Gasteiger charge is -2.27. The van der Waals surface area contributed by atoms with Crippen LogP contribution in [0.3, 0.4) is 0 Å². The van der Waals surface area contributed by atoms with E-state index in [4.69, 9.17) is 9.26 Å². The van der Waals surface area contributed by atoms with Gasteiger partial charge in [-0.25, -0.2) is 8.42 Å². The summed E-state index contributed by atoms with van der Waals surface area (Å²) in [6.45, 7) is 6.44. The number of aryl methyl sites for hydroxylation is 2. The lowest BCUT2D eigenvalue weighted by Crippen LogP contribution is -2.35. The predicted molar refractivity (Wildman–Crippen MR) is 104 cm³/mol. The van der Waals surface area contributed by atoms with Crippen molar-refractivity contribution in [3.05, 3.63) is 35.2 Å². The van der Waals surface area contributed by atoms with E-state index in [1.807, 2.05) is 0 Å². The second-order valence-electron chi connectivity index (χ2n) is 6.71. The molecule has 1 amide bonds. The first kappa shape index (κ1) is 20.3. The normalized spacial score (nSPS) is 15.4. The molecule has 28 heavy (non-hydrogen) atoms. The number of sulfonamides is 1. The van der Waals surface area contributed by atoms with Gasteiger partial charge in [-0.1, -0.05) is 11.6 Å². The third kappa shape index (κ3) is 4.05. The summed E-state index contributed by atoms with van der Waals surface area (Å²) in [5.41, 5.74) is 1.18. The number of aromatic nitrogens is 1. The van der Waals surface area contributed by atoms with Crippen molar-refractivity contribution >= 4 is 21.6 Å². The van der Waals surface area contributed by atoms with E-state index in [1.54, 1.807) is 32.9 Å². The Balaban J connectivity index is 1.94. The van der Waals surface area contributed by atoms with E-state index in [-0.39, 0.29) is 10.6 Å². The fourth-order valence-corrected chi connectivity index (χ4v) is 4.98. The molecule has 1 fully saturated rings. The van der Waals surface area contributed by atoms with Crippen LogP contribution in [0.25, 0.3) is 0 Å². The molecule has 152 valence electrons. The number of carbonyl (C=O) groups excluding carboxylic acids is 1. The molecule has 1 N–H and O–H groups in total. The van der Waals surface area contributed by atoms with Gasteiger partial charge < -0.3 is 14.6 Å². The molecule has 0 bridgehead atoms. The van der Waals surface area contributed by atoms with Crippen LogP contribution in [0.1, 0.15) is 48.0 Å². The molecular formula is C19H25N3O5S. The number of nitrogens with zero attached hydrogens (tertiary/aromatic N) is 2. The Hall–Kier alpha value is -2.39. The summed E-state index contributed by atoms with van der Waals surface area (Å²) in [5, 5.41) is 6.51. The van der Waals surface area contributed by atoms with Crippen LogP contribution in [0, 0.1) is 13.8 Å². The SMILES string of the molecule is CCOc1ccc(NC(=O)c2c(C)noc2C)cc1S(=O)(=O)N1CCCCC1. The Morgan fingerprint density at radius 2 is 1.96 bits per heavy atom. The van der Waals surface area contributed by atoms with E-state index < -0.39 is 15.9 Å². The minimum Gasteiger partial charge on any atom is -0.492 e. The van der Waals surface area contributed by atoms with Gasteiger partial charge >= 0.3 is 0 Å². The lowest BCUT2D eigenvalue weighted by molar-refractivity contribution is 0.102. The van der Waals surface area contributed by atoms with Gasteiger partial charge in [-0.15, -0.1) is 0 Å². The van der Waals surface area contributed by atoms with Crippen molar-refractivity contribution in [2.75, 3.05) is 25.0 Å². The van der Waals surface area contributed by atoms with Crippen molar-refractivity contribution in [2.24, 2.45) is 0 Å². The molecular weight excluding hydrogens is 382 g/mol. The number of hydrogen-bond acceptors (Lipinski definition) is 6. The Bertz CT molecular complexity index is 942. The van der Waals surface area contributed by atoms with Crippen LogP contribution >= 0.6 is 0 Å². The number of hydrogen-bond donors (Lipinski definition) is 1. The summed E-state index contributed by atoms with van der Waals surface area (Å²) in [7, 11) is -3.72. The summed E-state index contributed by atoms with van der Waals surface area (Å²) in [6.07, 6.45) is 2.70. The number of carbonyl (C=O) groups is 1. The largest absolute Gasteiger partial charge is 0.492 e. The van der Waals surface area contributed by atoms with Crippen molar-refractivity contribution in [2.45, 2.75) is 44.9 Å². The third-order valence-corrected chi connectivity index (χ3v) is 6.61. The van der Waals surface area contributed by atoms with Gasteiger partial charge in [0.05, 0.1) is 12.3 Å². The Morgan fingerprint density at radius 3 is 2.57 bits per heavy atom. The molecule has 1 aromatic carbocycles. The van der Waals surface area contributed by atoms with Gasteiger partial charge in [0.15, 0.2) is 0 Å². The number of ether oxygens (including phenoxy) is 1. The number of nitrogens with one attached hydrogen (secondary N) is 1. The molecule has 0 saturated carbocycles. The number of amides is 1. The summed E-state index contributed by atoms with van der Waals surface area (Å²) in [4.78, 5) is 12.7. The van der Waals surface area contributed by atoms with Crippen LogP contribution in [-0.2, 0) is 10.0 Å². The Kier molecular flexibility index (Phi) is 6.04. The maximum Gasteiger partial charge on any atom is 0.261 e. The average molecular weight is 407 g/mol. The van der Waals surface area contributed by atoms with Crippen LogP contribution in [-0.4, -0.2) is 43.5 Å². The Labute approximate surface area is 164 Å². The van der Waals surface area contributed by atoms with E-state index in [0.717, 1.165) is 19.3 Å². The molecule has 1 saturated heterocycles. The number of anilines is 1. The molecule has 3 rings (SSSR count). The molecule has 1 aliphatic heterocycles. The molecule has 0 atom stereocenters. The van der Waals surface area contributed by atoms with E-state index in [9.17, 15) is 13.2 Å². The quantitative estimate of drug-likeness (QED) is 0.789. The zero-order chi connectivity index (χ0) is 20.3. The minimum atomic E-state index is -3.72. The van der Waals surface area contributed by atoms with Crippen LogP contribution in [0.15, 0.2) is 27.6 Å². The zero-order valence-corrected chi connectivity index (χ0v) is 17.1. The van der Waals surface area contributed by atoms with Crippen molar-refractivity contribution in [3.8, 4) is 5.75 Å². The maximum atomic E-state index is 13.2. The molecule has 2 aromatic rings. The second-order valence-corrected chi connectivity index (χ2v) is 8.62. The Morgan fingerprint density at radius 1 is 1.25 bits per heavy atom. The van der Waals surface area contributed by atoms with Crippen LogP contribution in [0.5, 0.6) is 5.75 Å². The van der Waals surface area contributed by atoms with E-state index in [0.29, 0.717) is 42.4 Å². The zero-order valence-electron chi connectivity index (χ0n) is 16.3. The summed E-state index contributed by atoms with van der Waals surface area (Å²) in [5.74, 6) is 0.284. The highest BCUT2D eigenvalue weighted by Crippen LogP contribution is 2.31. The average Bonchev–Trinajstić information content (AvgIpc) is 3.02. The van der Waals surface area contributed by atoms with Gasteiger partial charge in [0.1, 0.15) is 22.0 Å². The number of piperidine rings is 1. The van der Waals surface area contributed by atoms with E-state index in [1.165, 1.54) is 10.4 Å². The standard InChI is InChI=1S/C19H25N3O5S/c1-4-26-16-9-8-15(20-19(23)18-13(2)21-27-14(18)3)12-17(16)28(24,25)22-10-6-5-7-11-22/h8-9,12H,4-7,10-11H2,1-3H3,(H,20,23). The topological polar surface area (TPSA) is 102 Å². The molecule has 0 unspecified atom stereocenters. The molecule has 2 heterocycles. The third-order valence-electron chi connectivity index (χ3n) is 4.69. The van der Waals surface area contributed by atoms with Crippen LogP contribution in [0.2, 0.25) is 0 Å². The minimum absolute atomic E-state index is 0.0628. The molecule has 8 nitrogen and oxygen atoms in total. The first-order chi connectivity index (χ1) is 13.3. The number of benzene rings is 1. The number of rotatable bonds is 6. The lowest BCUT2D eigenvalue weighted by atomic mass is 10.2. The van der Waals surface area contributed by atoms with Gasteiger partial charge in [-0.2, -0.15) is 4.31 Å². The highest BCUT2D eigenvalue weighted by molar-refractivity contribution is 7.89. The first-order valence-electron chi connectivity index (χ1n) is 9.35. The van der Waals surface area contributed by atoms with Crippen molar-refractivity contribution in [3.63, 3.8) is 0 Å². The first-order valence-corrected chi connectivity index (χ1v) is 10.8. The molecule has 1 aromatic heterocycles. The van der Waals surface area contributed by atoms with Gasteiger partial charge in [0.2, 0.25) is 10.0 Å². The van der Waals surface area contributed by atoms with Crippen LogP contribution in [0.4, 0.5) is 5.69 Å². The highest BCUT2D eigenvalue weighted by atomic mass is 32.2. The molecule has 1 aliphatic rings.